The van der Waals surface area contributed by atoms with E-state index in [0.717, 1.165) is 23.0 Å². The number of hydrogen-bond donors (Lipinski definition) is 1. The fraction of sp³-hybridized carbons (Fsp3) is 0.524. The van der Waals surface area contributed by atoms with Gasteiger partial charge in [0.2, 0.25) is 0 Å². The van der Waals surface area contributed by atoms with Crippen LogP contribution in [0.3, 0.4) is 0 Å². The molecule has 2 rings (SSSR count). The summed E-state index contributed by atoms with van der Waals surface area (Å²) in [6.07, 6.45) is 1.88. The number of rotatable bonds is 10. The number of ether oxygens (including phenoxy) is 1. The fourth-order valence-electron chi connectivity index (χ4n) is 3.42. The SMILES string of the molecule is CC(C)OCCCc1c(C(=O)C[C@H](C)CC(=O)O)c2cc(Cl)ccc2n1C. The smallest absolute Gasteiger partial charge is 0.303 e. The summed E-state index contributed by atoms with van der Waals surface area (Å²) in [6.45, 7) is 6.42. The molecule has 0 fully saturated rings. The first-order valence-electron chi connectivity index (χ1n) is 9.34. The van der Waals surface area contributed by atoms with E-state index in [9.17, 15) is 9.59 Å². The van der Waals surface area contributed by atoms with Crippen molar-refractivity contribution in [3.8, 4) is 0 Å². The van der Waals surface area contributed by atoms with Gasteiger partial charge in [-0.15, -0.1) is 0 Å². The predicted molar refractivity (Wildman–Crippen MR) is 108 cm³/mol. The molecule has 0 spiro atoms. The largest absolute Gasteiger partial charge is 0.481 e. The lowest BCUT2D eigenvalue weighted by Gasteiger charge is -2.11. The van der Waals surface area contributed by atoms with Crippen molar-refractivity contribution in [3.63, 3.8) is 0 Å². The van der Waals surface area contributed by atoms with Gasteiger partial charge in [-0.2, -0.15) is 0 Å². The van der Waals surface area contributed by atoms with E-state index in [1.165, 1.54) is 0 Å². The van der Waals surface area contributed by atoms with Gasteiger partial charge in [-0.25, -0.2) is 0 Å². The first-order chi connectivity index (χ1) is 12.7. The zero-order chi connectivity index (χ0) is 20.1. The molecule has 1 aromatic carbocycles. The summed E-state index contributed by atoms with van der Waals surface area (Å²) in [5.41, 5.74) is 2.57. The van der Waals surface area contributed by atoms with E-state index in [4.69, 9.17) is 21.4 Å². The minimum absolute atomic E-state index is 0.0190. The van der Waals surface area contributed by atoms with Crippen molar-refractivity contribution >= 4 is 34.3 Å². The quantitative estimate of drug-likeness (QED) is 0.461. The topological polar surface area (TPSA) is 68.5 Å². The summed E-state index contributed by atoms with van der Waals surface area (Å²) in [5.74, 6) is -1.14. The molecule has 0 aliphatic carbocycles. The summed E-state index contributed by atoms with van der Waals surface area (Å²) >= 11 is 6.17. The van der Waals surface area contributed by atoms with Crippen LogP contribution in [0.25, 0.3) is 10.9 Å². The number of Topliss-reactive ketones (excluding diaryl/α,β-unsaturated/α-hetero) is 1. The van der Waals surface area contributed by atoms with Crippen molar-refractivity contribution in [1.82, 2.24) is 4.57 Å². The van der Waals surface area contributed by atoms with Crippen molar-refractivity contribution in [3.05, 3.63) is 34.5 Å². The van der Waals surface area contributed by atoms with Gasteiger partial charge in [0.15, 0.2) is 5.78 Å². The van der Waals surface area contributed by atoms with Crippen LogP contribution < -0.4 is 0 Å². The number of carboxylic acids is 1. The maximum absolute atomic E-state index is 13.1. The lowest BCUT2D eigenvalue weighted by Crippen LogP contribution is -2.13. The Balaban J connectivity index is 2.35. The molecule has 27 heavy (non-hydrogen) atoms. The second-order valence-corrected chi connectivity index (χ2v) is 7.83. The van der Waals surface area contributed by atoms with E-state index in [0.29, 0.717) is 23.6 Å². The summed E-state index contributed by atoms with van der Waals surface area (Å²) in [5, 5.41) is 10.4. The Labute approximate surface area is 165 Å². The Morgan fingerprint density at radius 1 is 1.22 bits per heavy atom. The minimum atomic E-state index is -0.887. The maximum Gasteiger partial charge on any atom is 0.303 e. The third-order valence-electron chi connectivity index (χ3n) is 4.63. The Bertz CT molecular complexity index is 825. The van der Waals surface area contributed by atoms with Crippen LogP contribution in [0, 0.1) is 5.92 Å². The summed E-state index contributed by atoms with van der Waals surface area (Å²) in [6, 6.07) is 5.56. The van der Waals surface area contributed by atoms with E-state index >= 15 is 0 Å². The van der Waals surface area contributed by atoms with Crippen LogP contribution in [-0.4, -0.2) is 34.1 Å². The number of halogens is 1. The Hall–Kier alpha value is -1.85. The van der Waals surface area contributed by atoms with Gasteiger partial charge in [0.25, 0.3) is 0 Å². The summed E-state index contributed by atoms with van der Waals surface area (Å²) < 4.78 is 7.66. The zero-order valence-electron chi connectivity index (χ0n) is 16.4. The molecule has 148 valence electrons. The predicted octanol–water partition coefficient (Wildman–Crippen LogP) is 4.87. The van der Waals surface area contributed by atoms with Crippen LogP contribution in [0.4, 0.5) is 0 Å². The molecule has 5 nitrogen and oxygen atoms in total. The lowest BCUT2D eigenvalue weighted by molar-refractivity contribution is -0.137. The number of benzene rings is 1. The number of carboxylic acid groups (broad SMARTS) is 1. The minimum Gasteiger partial charge on any atom is -0.481 e. The molecule has 1 N–H and O–H groups in total. The number of fused-ring (bicyclic) bond motifs is 1. The third-order valence-corrected chi connectivity index (χ3v) is 4.86. The van der Waals surface area contributed by atoms with Crippen LogP contribution in [0.2, 0.25) is 5.02 Å². The number of carbonyl (C=O) groups is 2. The highest BCUT2D eigenvalue weighted by Gasteiger charge is 2.23. The molecular formula is C21H28ClNO4. The molecule has 2 aromatic rings. The standard InChI is InChI=1S/C21H28ClNO4/c1-13(2)27-9-5-6-18-21(19(24)10-14(3)11-20(25)26)16-12-15(22)7-8-17(16)23(18)4/h7-8,12-14H,5-6,9-11H2,1-4H3,(H,25,26)/t14-/m0/s1. The van der Waals surface area contributed by atoms with Crippen LogP contribution >= 0.6 is 11.6 Å². The van der Waals surface area contributed by atoms with Crippen molar-refractivity contribution in [1.29, 1.82) is 0 Å². The molecular weight excluding hydrogens is 366 g/mol. The number of aryl methyl sites for hydroxylation is 1. The van der Waals surface area contributed by atoms with Gasteiger partial charge in [-0.3, -0.25) is 9.59 Å². The number of carbonyl (C=O) groups excluding carboxylic acids is 1. The van der Waals surface area contributed by atoms with Crippen LogP contribution in [0.1, 0.15) is 56.1 Å². The highest BCUT2D eigenvalue weighted by molar-refractivity contribution is 6.31. The molecule has 0 unspecified atom stereocenters. The second kappa shape index (κ2) is 9.38. The van der Waals surface area contributed by atoms with Crippen LogP contribution in [-0.2, 0) is 23.0 Å². The van der Waals surface area contributed by atoms with Crippen LogP contribution in [0.15, 0.2) is 18.2 Å². The zero-order valence-corrected chi connectivity index (χ0v) is 17.2. The molecule has 0 aliphatic heterocycles. The fourth-order valence-corrected chi connectivity index (χ4v) is 3.59. The van der Waals surface area contributed by atoms with E-state index in [1.807, 2.05) is 43.7 Å². The Morgan fingerprint density at radius 2 is 1.93 bits per heavy atom. The highest BCUT2D eigenvalue weighted by Crippen LogP contribution is 2.31. The van der Waals surface area contributed by atoms with Crippen molar-refractivity contribution in [2.24, 2.45) is 13.0 Å². The molecule has 1 atom stereocenters. The Morgan fingerprint density at radius 3 is 2.56 bits per heavy atom. The molecule has 1 aromatic heterocycles. The normalized spacial score (nSPS) is 12.7. The monoisotopic (exact) mass is 393 g/mol. The molecule has 0 saturated heterocycles. The molecule has 0 aliphatic rings. The Kier molecular flexibility index (Phi) is 7.45. The summed E-state index contributed by atoms with van der Waals surface area (Å²) in [4.78, 5) is 24.0. The van der Waals surface area contributed by atoms with Crippen molar-refractivity contribution in [2.75, 3.05) is 6.61 Å². The average Bonchev–Trinajstić information content (AvgIpc) is 2.82. The van der Waals surface area contributed by atoms with Gasteiger partial charge in [-0.1, -0.05) is 18.5 Å². The first kappa shape index (κ1) is 21.5. The lowest BCUT2D eigenvalue weighted by atomic mass is 9.94. The van der Waals surface area contributed by atoms with Gasteiger partial charge in [-0.05, 0) is 50.8 Å². The first-order valence-corrected chi connectivity index (χ1v) is 9.71. The average molecular weight is 394 g/mol. The number of aromatic nitrogens is 1. The number of ketones is 1. The molecule has 0 radical (unpaired) electrons. The summed E-state index contributed by atoms with van der Waals surface area (Å²) in [7, 11) is 1.95. The van der Waals surface area contributed by atoms with E-state index < -0.39 is 5.97 Å². The molecule has 1 heterocycles. The van der Waals surface area contributed by atoms with Gasteiger partial charge in [0.1, 0.15) is 0 Å². The second-order valence-electron chi connectivity index (χ2n) is 7.40. The molecule has 0 saturated carbocycles. The maximum atomic E-state index is 13.1. The van der Waals surface area contributed by atoms with Gasteiger partial charge in [0, 0.05) is 53.7 Å². The van der Waals surface area contributed by atoms with Gasteiger partial charge in [0.05, 0.1) is 6.10 Å². The van der Waals surface area contributed by atoms with Crippen molar-refractivity contribution in [2.45, 2.75) is 52.6 Å². The van der Waals surface area contributed by atoms with Gasteiger partial charge >= 0.3 is 5.97 Å². The number of nitrogens with zero attached hydrogens (tertiary/aromatic N) is 1. The number of hydrogen-bond acceptors (Lipinski definition) is 3. The van der Waals surface area contributed by atoms with Gasteiger partial charge < -0.3 is 14.4 Å². The van der Waals surface area contributed by atoms with Crippen molar-refractivity contribution < 1.29 is 19.4 Å². The third kappa shape index (κ3) is 5.56. The van der Waals surface area contributed by atoms with E-state index in [2.05, 4.69) is 0 Å². The highest BCUT2D eigenvalue weighted by atomic mass is 35.5. The molecule has 0 amide bonds. The van der Waals surface area contributed by atoms with E-state index in [-0.39, 0.29) is 30.6 Å². The number of aliphatic carboxylic acids is 1. The van der Waals surface area contributed by atoms with E-state index in [1.54, 1.807) is 6.92 Å². The van der Waals surface area contributed by atoms with Crippen LogP contribution in [0.5, 0.6) is 0 Å². The molecule has 6 heteroatoms. The molecule has 0 bridgehead atoms.